The summed E-state index contributed by atoms with van der Waals surface area (Å²) in [6.07, 6.45) is 6.09. The average Bonchev–Trinajstić information content (AvgIpc) is 2.79. The molecule has 4 rings (SSSR count). The van der Waals surface area contributed by atoms with Crippen LogP contribution < -0.4 is 4.74 Å². The molecule has 1 fully saturated rings. The molecule has 0 radical (unpaired) electrons. The Kier molecular flexibility index (Phi) is 5.82. The summed E-state index contributed by atoms with van der Waals surface area (Å²) in [4.78, 5) is 28.0. The zero-order valence-corrected chi connectivity index (χ0v) is 17.6. The lowest BCUT2D eigenvalue weighted by atomic mass is 9.92. The smallest absolute Gasteiger partial charge is 0.254 e. The summed E-state index contributed by atoms with van der Waals surface area (Å²) < 4.78 is 27.2. The first kappa shape index (κ1) is 19.6. The van der Waals surface area contributed by atoms with Crippen LogP contribution in [0.5, 0.6) is 5.88 Å². The molecule has 1 aliphatic rings. The number of piperidine rings is 1. The Morgan fingerprint density at radius 2 is 2.06 bits per heavy atom. The predicted molar refractivity (Wildman–Crippen MR) is 115 cm³/mol. The topological polar surface area (TPSA) is 68.2 Å². The van der Waals surface area contributed by atoms with Crippen molar-refractivity contribution in [1.82, 2.24) is 19.9 Å². The molecule has 0 bridgehead atoms. The van der Waals surface area contributed by atoms with Gasteiger partial charge in [-0.05, 0) is 44.9 Å². The van der Waals surface area contributed by atoms with Gasteiger partial charge in [0.25, 0.3) is 5.91 Å². The van der Waals surface area contributed by atoms with Crippen LogP contribution in [0, 0.1) is 18.7 Å². The molecule has 7 heteroatoms. The number of pyridine rings is 1. The lowest BCUT2D eigenvalue weighted by molar-refractivity contribution is 0.0503. The first-order valence-corrected chi connectivity index (χ1v) is 10.4. The Bertz CT molecular complexity index is 1100. The van der Waals surface area contributed by atoms with Crippen molar-refractivity contribution < 1.29 is 15.3 Å². The maximum absolute atomic E-state index is 13.7. The van der Waals surface area contributed by atoms with Gasteiger partial charge < -0.3 is 9.64 Å². The molecular formula is C24H25FN4O2. The third-order valence-electron chi connectivity index (χ3n) is 5.51. The van der Waals surface area contributed by atoms with E-state index in [0.717, 1.165) is 24.6 Å². The van der Waals surface area contributed by atoms with Crippen molar-refractivity contribution in [3.05, 3.63) is 71.9 Å². The third kappa shape index (κ3) is 4.87. The van der Waals surface area contributed by atoms with Gasteiger partial charge in [-0.2, -0.15) is 0 Å². The number of halogens is 1. The molecule has 160 valence electrons. The number of carbonyl (C=O) groups excluding carboxylic acids is 1. The van der Waals surface area contributed by atoms with Crippen molar-refractivity contribution in [2.45, 2.75) is 32.7 Å². The van der Waals surface area contributed by atoms with Gasteiger partial charge in [-0.1, -0.05) is 17.7 Å². The molecule has 6 nitrogen and oxygen atoms in total. The number of rotatable bonds is 5. The Labute approximate surface area is 182 Å². The molecule has 2 atom stereocenters. The van der Waals surface area contributed by atoms with E-state index in [4.69, 9.17) is 6.11 Å². The average molecular weight is 422 g/mol. The first-order valence-electron chi connectivity index (χ1n) is 10.9. The predicted octanol–water partition coefficient (Wildman–Crippen LogP) is 4.31. The normalized spacial score (nSPS) is 19.1. The molecule has 0 N–H and O–H groups in total. The van der Waals surface area contributed by atoms with Gasteiger partial charge in [-0.3, -0.25) is 4.79 Å². The van der Waals surface area contributed by atoms with Gasteiger partial charge in [0.1, 0.15) is 5.82 Å². The van der Waals surface area contributed by atoms with E-state index in [1.807, 2.05) is 18.7 Å². The van der Waals surface area contributed by atoms with E-state index in [2.05, 4.69) is 15.0 Å². The highest BCUT2D eigenvalue weighted by Gasteiger charge is 2.31. The number of benzene rings is 1. The van der Waals surface area contributed by atoms with Crippen molar-refractivity contribution in [2.75, 3.05) is 13.2 Å². The standard InChI is InChI=1S/C24H25FN4O2/c1-16-4-8-20(23-26-10-3-11-27-23)21(12-16)24(30)29-14-18(6-5-17(29)2)15-31-22-9-7-19(25)13-28-22/h3-4,7-13,17-18H,5-6,14-15H2,1-2H3/t17-,18-/m1/s1/i8T. The van der Waals surface area contributed by atoms with E-state index in [9.17, 15) is 9.18 Å². The number of carbonyl (C=O) groups is 1. The molecule has 0 spiro atoms. The van der Waals surface area contributed by atoms with Crippen LogP contribution in [0.3, 0.4) is 0 Å². The zero-order chi connectivity index (χ0) is 22.7. The second kappa shape index (κ2) is 9.20. The number of nitrogens with zero attached hydrogens (tertiary/aromatic N) is 4. The van der Waals surface area contributed by atoms with Crippen LogP contribution in [0.25, 0.3) is 11.4 Å². The highest BCUT2D eigenvalue weighted by atomic mass is 19.1. The van der Waals surface area contributed by atoms with Crippen molar-refractivity contribution >= 4 is 5.91 Å². The minimum Gasteiger partial charge on any atom is -0.477 e. The minimum atomic E-state index is -0.411. The number of likely N-dealkylation sites (tertiary alicyclic amines) is 1. The molecule has 3 aromatic rings. The fourth-order valence-electron chi connectivity index (χ4n) is 3.79. The highest BCUT2D eigenvalue weighted by molar-refractivity contribution is 6.00. The van der Waals surface area contributed by atoms with E-state index in [-0.39, 0.29) is 23.9 Å². The van der Waals surface area contributed by atoms with Gasteiger partial charge in [0.15, 0.2) is 5.82 Å². The first-order chi connectivity index (χ1) is 15.4. The zero-order valence-electron chi connectivity index (χ0n) is 18.6. The number of amides is 1. The fraction of sp³-hybridized carbons (Fsp3) is 0.333. The summed E-state index contributed by atoms with van der Waals surface area (Å²) in [5.74, 6) is 0.308. The van der Waals surface area contributed by atoms with Crippen molar-refractivity contribution in [1.29, 1.82) is 0 Å². The summed E-state index contributed by atoms with van der Waals surface area (Å²) in [6.45, 7) is 4.82. The summed E-state index contributed by atoms with van der Waals surface area (Å²) in [6, 6.07) is 8.32. The Hall–Kier alpha value is -3.35. The molecule has 1 amide bonds. The van der Waals surface area contributed by atoms with E-state index in [1.54, 1.807) is 30.6 Å². The largest absolute Gasteiger partial charge is 0.477 e. The van der Waals surface area contributed by atoms with Gasteiger partial charge in [-0.25, -0.2) is 19.3 Å². The Morgan fingerprint density at radius 1 is 1.26 bits per heavy atom. The maximum atomic E-state index is 13.7. The van der Waals surface area contributed by atoms with Crippen LogP contribution in [0.1, 0.15) is 37.1 Å². The quantitative estimate of drug-likeness (QED) is 0.613. The maximum Gasteiger partial charge on any atom is 0.254 e. The Morgan fingerprint density at radius 3 is 2.81 bits per heavy atom. The van der Waals surface area contributed by atoms with Crippen LogP contribution in [0.4, 0.5) is 4.39 Å². The Balaban J connectivity index is 1.56. The lowest BCUT2D eigenvalue weighted by Gasteiger charge is -2.38. The molecule has 31 heavy (non-hydrogen) atoms. The minimum absolute atomic E-state index is 0.0573. The SMILES string of the molecule is [3H]c1cc(C)cc(C(=O)N2C[C@H](COc3ccc(F)cn3)CC[C@H]2C)c1-c1ncccn1. The van der Waals surface area contributed by atoms with Crippen LogP contribution in [-0.4, -0.2) is 45.0 Å². The molecular weight excluding hydrogens is 395 g/mol. The second-order valence-corrected chi connectivity index (χ2v) is 7.91. The summed E-state index contributed by atoms with van der Waals surface area (Å²) >= 11 is 0. The molecule has 1 saturated heterocycles. The van der Waals surface area contributed by atoms with Gasteiger partial charge in [0.2, 0.25) is 5.88 Å². The van der Waals surface area contributed by atoms with Crippen molar-refractivity contribution in [2.24, 2.45) is 5.92 Å². The monoisotopic (exact) mass is 422 g/mol. The fourth-order valence-corrected chi connectivity index (χ4v) is 3.79. The molecule has 2 aromatic heterocycles. The third-order valence-corrected chi connectivity index (χ3v) is 5.51. The molecule has 1 aromatic carbocycles. The summed E-state index contributed by atoms with van der Waals surface area (Å²) in [5.41, 5.74) is 1.72. The van der Waals surface area contributed by atoms with E-state index in [1.165, 1.54) is 12.1 Å². The number of ether oxygens (including phenoxy) is 1. The van der Waals surface area contributed by atoms with Gasteiger partial charge in [-0.15, -0.1) is 0 Å². The second-order valence-electron chi connectivity index (χ2n) is 7.91. The molecule has 0 aliphatic carbocycles. The van der Waals surface area contributed by atoms with Crippen LogP contribution in [-0.2, 0) is 0 Å². The number of hydrogen-bond acceptors (Lipinski definition) is 5. The van der Waals surface area contributed by atoms with Gasteiger partial charge >= 0.3 is 0 Å². The highest BCUT2D eigenvalue weighted by Crippen LogP contribution is 2.28. The van der Waals surface area contributed by atoms with Crippen LogP contribution in [0.2, 0.25) is 0 Å². The van der Waals surface area contributed by atoms with E-state index in [0.29, 0.717) is 36.0 Å². The molecule has 0 saturated carbocycles. The molecule has 0 unspecified atom stereocenters. The summed E-state index contributed by atoms with van der Waals surface area (Å²) in [7, 11) is 0. The number of hydrogen-bond donors (Lipinski definition) is 0. The van der Waals surface area contributed by atoms with Crippen molar-refractivity contribution in [3.63, 3.8) is 0 Å². The molecule has 1 aliphatic heterocycles. The van der Waals surface area contributed by atoms with Gasteiger partial charge in [0, 0.05) is 42.5 Å². The number of aryl methyl sites for hydroxylation is 1. The van der Waals surface area contributed by atoms with Crippen LogP contribution in [0.15, 0.2) is 55.0 Å². The lowest BCUT2D eigenvalue weighted by Crippen LogP contribution is -2.47. The number of aromatic nitrogens is 3. The van der Waals surface area contributed by atoms with Crippen LogP contribution >= 0.6 is 0 Å². The van der Waals surface area contributed by atoms with E-state index < -0.39 is 5.82 Å². The van der Waals surface area contributed by atoms with Gasteiger partial charge in [0.05, 0.1) is 19.7 Å². The van der Waals surface area contributed by atoms with Crippen molar-refractivity contribution in [3.8, 4) is 17.3 Å². The summed E-state index contributed by atoms with van der Waals surface area (Å²) in [5, 5.41) is 0. The van der Waals surface area contributed by atoms with E-state index >= 15 is 0 Å². The molecule has 3 heterocycles.